The highest BCUT2D eigenvalue weighted by molar-refractivity contribution is 5.98. The summed E-state index contributed by atoms with van der Waals surface area (Å²) in [6, 6.07) is -0.226. The molecule has 0 aromatic carbocycles. The maximum Gasteiger partial charge on any atom is 0.316 e. The summed E-state index contributed by atoms with van der Waals surface area (Å²) in [5.74, 6) is -2.51. The van der Waals surface area contributed by atoms with E-state index in [4.69, 9.17) is 0 Å². The molecule has 2 atom stereocenters. The molecule has 1 heterocycles. The predicted molar refractivity (Wildman–Crippen MR) is 67.0 cm³/mol. The third-order valence-electron chi connectivity index (χ3n) is 3.48. The average Bonchev–Trinajstić information content (AvgIpc) is 2.26. The quantitative estimate of drug-likeness (QED) is 0.742. The van der Waals surface area contributed by atoms with E-state index in [-0.39, 0.29) is 18.6 Å². The molecule has 1 aliphatic heterocycles. The lowest BCUT2D eigenvalue weighted by Gasteiger charge is -2.38. The highest BCUT2D eigenvalue weighted by atomic mass is 16.4. The van der Waals surface area contributed by atoms with E-state index in [1.807, 2.05) is 0 Å². The summed E-state index contributed by atoms with van der Waals surface area (Å²) in [6.07, 6.45) is 2.60. The molecule has 0 bridgehead atoms. The zero-order chi connectivity index (χ0) is 13.9. The molecule has 5 heteroatoms. The number of aliphatic carboxylic acids is 1. The first kappa shape index (κ1) is 15.0. The molecule has 2 N–H and O–H groups in total. The Balaban J connectivity index is 2.91. The lowest BCUT2D eigenvalue weighted by atomic mass is 9.79. The minimum atomic E-state index is -1.09. The van der Waals surface area contributed by atoms with Crippen molar-refractivity contribution >= 4 is 11.9 Å². The molecule has 0 radical (unpaired) electrons. The van der Waals surface area contributed by atoms with Gasteiger partial charge in [0, 0.05) is 6.54 Å². The fraction of sp³-hybridized carbons (Fsp3) is 0.846. The smallest absolute Gasteiger partial charge is 0.316 e. The first-order valence-electron chi connectivity index (χ1n) is 6.43. The highest BCUT2D eigenvalue weighted by Gasteiger charge is 2.42. The fourth-order valence-electron chi connectivity index (χ4n) is 2.49. The first-order valence-corrected chi connectivity index (χ1v) is 6.43. The van der Waals surface area contributed by atoms with Gasteiger partial charge >= 0.3 is 5.97 Å². The molecule has 104 valence electrons. The predicted octanol–water partition coefficient (Wildman–Crippen LogP) is 1.11. The summed E-state index contributed by atoms with van der Waals surface area (Å²) < 4.78 is 0. The number of carboxylic acid groups (broad SMARTS) is 1. The highest BCUT2D eigenvalue weighted by Crippen LogP contribution is 2.30. The Morgan fingerprint density at radius 3 is 2.39 bits per heavy atom. The number of hydrogen-bond donors (Lipinski definition) is 2. The average molecular weight is 257 g/mol. The van der Waals surface area contributed by atoms with Crippen LogP contribution in [-0.4, -0.2) is 46.2 Å². The molecular formula is C13H23NO4. The Kier molecular flexibility index (Phi) is 4.73. The number of amides is 1. The van der Waals surface area contributed by atoms with Gasteiger partial charge in [-0.05, 0) is 24.7 Å². The van der Waals surface area contributed by atoms with Crippen LogP contribution in [0.2, 0.25) is 0 Å². The molecular weight excluding hydrogens is 234 g/mol. The first-order chi connectivity index (χ1) is 8.29. The number of aliphatic hydroxyl groups is 1. The molecule has 1 rings (SSSR count). The molecule has 5 nitrogen and oxygen atoms in total. The molecule has 1 amide bonds. The van der Waals surface area contributed by atoms with Crippen LogP contribution in [0.1, 0.15) is 40.0 Å². The minimum absolute atomic E-state index is 0.0950. The second-order valence-electron chi connectivity index (χ2n) is 6.00. The van der Waals surface area contributed by atoms with Crippen LogP contribution in [0, 0.1) is 11.3 Å². The number of rotatable bonds is 3. The van der Waals surface area contributed by atoms with Crippen LogP contribution in [0.3, 0.4) is 0 Å². The number of carboxylic acids is 1. The van der Waals surface area contributed by atoms with Crippen LogP contribution < -0.4 is 0 Å². The lowest BCUT2D eigenvalue weighted by Crippen LogP contribution is -2.52. The van der Waals surface area contributed by atoms with Gasteiger partial charge in [0.2, 0.25) is 5.91 Å². The van der Waals surface area contributed by atoms with Gasteiger partial charge in [0.05, 0.1) is 12.6 Å². The van der Waals surface area contributed by atoms with E-state index in [9.17, 15) is 19.8 Å². The van der Waals surface area contributed by atoms with E-state index < -0.39 is 17.3 Å². The van der Waals surface area contributed by atoms with E-state index in [1.165, 1.54) is 0 Å². The SMILES string of the molecule is CC(C)(C)C(C(=O)O)C(=O)N1CCCCC1CO. The zero-order valence-electron chi connectivity index (χ0n) is 11.3. The number of nitrogens with zero attached hydrogens (tertiary/aromatic N) is 1. The normalized spacial score (nSPS) is 22.7. The van der Waals surface area contributed by atoms with E-state index in [2.05, 4.69) is 0 Å². The van der Waals surface area contributed by atoms with Crippen molar-refractivity contribution < 1.29 is 19.8 Å². The Morgan fingerprint density at radius 2 is 1.94 bits per heavy atom. The molecule has 0 spiro atoms. The molecule has 0 aromatic heterocycles. The fourth-order valence-corrected chi connectivity index (χ4v) is 2.49. The van der Waals surface area contributed by atoms with Crippen molar-refractivity contribution in [3.8, 4) is 0 Å². The summed E-state index contributed by atoms with van der Waals surface area (Å²) >= 11 is 0. The summed E-state index contributed by atoms with van der Waals surface area (Å²) in [4.78, 5) is 25.3. The van der Waals surface area contributed by atoms with Crippen molar-refractivity contribution in [2.24, 2.45) is 11.3 Å². The Bertz CT molecular complexity index is 321. The summed E-state index contributed by atoms with van der Waals surface area (Å²) in [5, 5.41) is 18.6. The van der Waals surface area contributed by atoms with Crippen molar-refractivity contribution in [3.05, 3.63) is 0 Å². The summed E-state index contributed by atoms with van der Waals surface area (Å²) in [5.41, 5.74) is -0.625. The van der Waals surface area contributed by atoms with Gasteiger partial charge < -0.3 is 15.1 Å². The Labute approximate surface area is 108 Å². The largest absolute Gasteiger partial charge is 0.481 e. The molecule has 2 unspecified atom stereocenters. The number of aliphatic hydroxyl groups excluding tert-OH is 1. The molecule has 1 fully saturated rings. The van der Waals surface area contributed by atoms with Crippen molar-refractivity contribution in [3.63, 3.8) is 0 Å². The zero-order valence-corrected chi connectivity index (χ0v) is 11.3. The molecule has 1 aliphatic rings. The van der Waals surface area contributed by atoms with Crippen LogP contribution in [0.15, 0.2) is 0 Å². The molecule has 0 aromatic rings. The Morgan fingerprint density at radius 1 is 1.33 bits per heavy atom. The lowest BCUT2D eigenvalue weighted by molar-refractivity contribution is -0.158. The van der Waals surface area contributed by atoms with E-state index in [0.29, 0.717) is 6.54 Å². The number of likely N-dealkylation sites (tertiary alicyclic amines) is 1. The van der Waals surface area contributed by atoms with Crippen LogP contribution in [0.25, 0.3) is 0 Å². The third-order valence-corrected chi connectivity index (χ3v) is 3.48. The number of hydrogen-bond acceptors (Lipinski definition) is 3. The van der Waals surface area contributed by atoms with Crippen LogP contribution in [0.4, 0.5) is 0 Å². The van der Waals surface area contributed by atoms with Crippen molar-refractivity contribution in [2.75, 3.05) is 13.2 Å². The molecule has 1 saturated heterocycles. The van der Waals surface area contributed by atoms with Gasteiger partial charge in [0.1, 0.15) is 5.92 Å². The number of piperidine rings is 1. The van der Waals surface area contributed by atoms with Crippen LogP contribution >= 0.6 is 0 Å². The van der Waals surface area contributed by atoms with Gasteiger partial charge in [0.25, 0.3) is 0 Å². The van der Waals surface area contributed by atoms with Crippen LogP contribution in [-0.2, 0) is 9.59 Å². The van der Waals surface area contributed by atoms with Crippen molar-refractivity contribution in [1.29, 1.82) is 0 Å². The summed E-state index contributed by atoms with van der Waals surface area (Å²) in [7, 11) is 0. The van der Waals surface area contributed by atoms with Crippen LogP contribution in [0.5, 0.6) is 0 Å². The van der Waals surface area contributed by atoms with E-state index >= 15 is 0 Å². The second kappa shape index (κ2) is 5.69. The van der Waals surface area contributed by atoms with Gasteiger partial charge in [0.15, 0.2) is 0 Å². The Hall–Kier alpha value is -1.10. The number of carbonyl (C=O) groups is 2. The maximum absolute atomic E-state index is 12.4. The van der Waals surface area contributed by atoms with Crippen molar-refractivity contribution in [1.82, 2.24) is 4.90 Å². The maximum atomic E-state index is 12.4. The van der Waals surface area contributed by atoms with Crippen molar-refractivity contribution in [2.45, 2.75) is 46.1 Å². The molecule has 18 heavy (non-hydrogen) atoms. The second-order valence-corrected chi connectivity index (χ2v) is 6.00. The monoisotopic (exact) mass is 257 g/mol. The number of carbonyl (C=O) groups excluding carboxylic acids is 1. The standard InChI is InChI=1S/C13H23NO4/c1-13(2,3)10(12(17)18)11(16)14-7-5-4-6-9(14)8-15/h9-10,15H,4-8H2,1-3H3,(H,17,18). The minimum Gasteiger partial charge on any atom is -0.481 e. The summed E-state index contributed by atoms with van der Waals surface area (Å²) in [6.45, 7) is 5.71. The topological polar surface area (TPSA) is 77.8 Å². The van der Waals surface area contributed by atoms with Gasteiger partial charge in [-0.15, -0.1) is 0 Å². The van der Waals surface area contributed by atoms with E-state index in [1.54, 1.807) is 25.7 Å². The van der Waals surface area contributed by atoms with Gasteiger partial charge in [-0.25, -0.2) is 0 Å². The molecule has 0 saturated carbocycles. The third kappa shape index (κ3) is 3.22. The van der Waals surface area contributed by atoms with Gasteiger partial charge in [-0.3, -0.25) is 9.59 Å². The van der Waals surface area contributed by atoms with Gasteiger partial charge in [-0.2, -0.15) is 0 Å². The van der Waals surface area contributed by atoms with Gasteiger partial charge in [-0.1, -0.05) is 20.8 Å². The molecule has 0 aliphatic carbocycles. The van der Waals surface area contributed by atoms with E-state index in [0.717, 1.165) is 19.3 Å².